The minimum atomic E-state index is 0.527. The van der Waals surface area contributed by atoms with E-state index in [1.54, 1.807) is 105 Å². The highest BCUT2D eigenvalue weighted by molar-refractivity contribution is 8.41. The Morgan fingerprint density at radius 3 is 1.11 bits per heavy atom. The predicted octanol–water partition coefficient (Wildman–Crippen LogP) is 10.1. The average molecular weight is 653 g/mol. The molecular weight excluding hydrogens is 633 g/mol. The van der Waals surface area contributed by atoms with Gasteiger partial charge in [-0.2, -0.15) is 21.0 Å². The van der Waals surface area contributed by atoms with Crippen LogP contribution in [-0.4, -0.2) is 23.0 Å². The molecule has 0 unspecified atom stereocenters. The summed E-state index contributed by atoms with van der Waals surface area (Å²) in [5, 5.41) is 35.5. The molecule has 0 saturated carbocycles. The molecule has 0 aromatic carbocycles. The lowest BCUT2D eigenvalue weighted by atomic mass is 10.4. The number of nitriles is 4. The molecular formula is C24H20N4S9. The second kappa shape index (κ2) is 17.9. The maximum atomic E-state index is 8.88. The molecule has 1 aromatic heterocycles. The van der Waals surface area contributed by atoms with E-state index in [4.69, 9.17) is 21.0 Å². The highest BCUT2D eigenvalue weighted by Gasteiger charge is 2.23. The summed E-state index contributed by atoms with van der Waals surface area (Å²) in [6.45, 7) is 0. The first-order chi connectivity index (χ1) is 18.2. The van der Waals surface area contributed by atoms with E-state index in [0.29, 0.717) is 25.7 Å². The number of hydrogen-bond donors (Lipinski definition) is 0. The summed E-state index contributed by atoms with van der Waals surface area (Å²) >= 11 is 15.7. The van der Waals surface area contributed by atoms with Crippen molar-refractivity contribution < 1.29 is 0 Å². The van der Waals surface area contributed by atoms with Gasteiger partial charge in [-0.3, -0.25) is 0 Å². The first-order valence-corrected chi connectivity index (χ1v) is 18.9. The molecule has 0 bridgehead atoms. The smallest absolute Gasteiger partial charge is 0.0660 e. The fraction of sp³-hybridized carbons (Fsp3) is 0.333. The van der Waals surface area contributed by atoms with Gasteiger partial charge in [0.15, 0.2) is 0 Å². The fourth-order valence-electron chi connectivity index (χ4n) is 2.56. The van der Waals surface area contributed by atoms with Gasteiger partial charge in [0.1, 0.15) is 0 Å². The summed E-state index contributed by atoms with van der Waals surface area (Å²) in [7, 11) is 0. The van der Waals surface area contributed by atoms with Gasteiger partial charge in [-0.05, 0) is 24.3 Å². The van der Waals surface area contributed by atoms with Crippen LogP contribution in [0.15, 0.2) is 37.6 Å². The highest BCUT2D eigenvalue weighted by atomic mass is 32.3. The molecule has 2 aliphatic heterocycles. The molecule has 3 heterocycles. The zero-order chi connectivity index (χ0) is 26.3. The molecule has 0 amide bonds. The van der Waals surface area contributed by atoms with Gasteiger partial charge in [0.25, 0.3) is 0 Å². The van der Waals surface area contributed by atoms with Crippen LogP contribution in [-0.2, 0) is 0 Å². The molecule has 0 atom stereocenters. The van der Waals surface area contributed by atoms with Crippen molar-refractivity contribution in [1.82, 2.24) is 0 Å². The number of thioether (sulfide) groups is 8. The van der Waals surface area contributed by atoms with Crippen molar-refractivity contribution in [3.05, 3.63) is 47.3 Å². The molecule has 3 rings (SSSR count). The third kappa shape index (κ3) is 10.8. The lowest BCUT2D eigenvalue weighted by Gasteiger charge is -2.01. The van der Waals surface area contributed by atoms with Crippen molar-refractivity contribution in [2.75, 3.05) is 23.0 Å². The molecule has 2 aliphatic rings. The van der Waals surface area contributed by atoms with Crippen LogP contribution in [0.5, 0.6) is 0 Å². The van der Waals surface area contributed by atoms with Crippen molar-refractivity contribution in [2.45, 2.75) is 25.7 Å². The lowest BCUT2D eigenvalue weighted by molar-refractivity contribution is 1.24. The van der Waals surface area contributed by atoms with Crippen LogP contribution in [0.3, 0.4) is 0 Å². The van der Waals surface area contributed by atoms with Crippen molar-refractivity contribution in [2.24, 2.45) is 0 Å². The number of hydrogen-bond acceptors (Lipinski definition) is 13. The molecule has 4 nitrogen and oxygen atoms in total. The quantitative estimate of drug-likeness (QED) is 0.179. The van der Waals surface area contributed by atoms with Gasteiger partial charge in [0.2, 0.25) is 0 Å². The Labute approximate surface area is 256 Å². The first-order valence-electron chi connectivity index (χ1n) is 10.9. The van der Waals surface area contributed by atoms with E-state index in [1.165, 1.54) is 35.2 Å². The van der Waals surface area contributed by atoms with Gasteiger partial charge in [-0.1, -0.05) is 47.0 Å². The monoisotopic (exact) mass is 652 g/mol. The summed E-state index contributed by atoms with van der Waals surface area (Å²) in [4.78, 5) is 2.39. The molecule has 0 saturated heterocycles. The van der Waals surface area contributed by atoms with Crippen molar-refractivity contribution in [3.8, 4) is 24.3 Å². The molecule has 0 N–H and O–H groups in total. The van der Waals surface area contributed by atoms with E-state index in [1.807, 2.05) is 0 Å². The van der Waals surface area contributed by atoms with Gasteiger partial charge in [0.05, 0.1) is 49.7 Å². The third-order valence-corrected chi connectivity index (χ3v) is 15.8. The Kier molecular flexibility index (Phi) is 15.0. The Morgan fingerprint density at radius 2 is 0.838 bits per heavy atom. The standard InChI is InChI=1S/C24H20N4S9/c25-7-1-11-29-21-22(30-12-2-8-26)35-19(34-21)15-17-5-6-18(33-17)16-20-36-23(31-13-3-9-27)24(37-20)32-14-4-10-28/h5-6,15-16H,1-4,11-14H2. The van der Waals surface area contributed by atoms with E-state index in [-0.39, 0.29) is 0 Å². The minimum Gasteiger partial charge on any atom is -0.198 e. The van der Waals surface area contributed by atoms with E-state index in [9.17, 15) is 0 Å². The van der Waals surface area contributed by atoms with E-state index >= 15 is 0 Å². The lowest BCUT2D eigenvalue weighted by Crippen LogP contribution is -1.79. The van der Waals surface area contributed by atoms with Crippen LogP contribution in [0.25, 0.3) is 12.2 Å². The normalized spacial score (nSPS) is 14.9. The molecule has 1 aromatic rings. The van der Waals surface area contributed by atoms with Crippen molar-refractivity contribution in [1.29, 1.82) is 21.0 Å². The van der Waals surface area contributed by atoms with Crippen LogP contribution in [0.4, 0.5) is 0 Å². The Balaban J connectivity index is 1.64. The second-order valence-corrected chi connectivity index (χ2v) is 18.1. The SMILES string of the molecule is N#CCCSC1=C(SCCC#N)SC(=Cc2ccc(C=C3SC(SCCC#N)=C(SCCC#N)S3)s2)S1. The number of nitrogens with zero attached hydrogens (tertiary/aromatic N) is 4. The van der Waals surface area contributed by atoms with Crippen molar-refractivity contribution >= 4 is 118 Å². The summed E-state index contributed by atoms with van der Waals surface area (Å²) in [5.41, 5.74) is 0. The predicted molar refractivity (Wildman–Crippen MR) is 175 cm³/mol. The van der Waals surface area contributed by atoms with E-state index < -0.39 is 0 Å². The van der Waals surface area contributed by atoms with Gasteiger partial charge in [0, 0.05) is 58.4 Å². The first kappa shape index (κ1) is 31.0. The molecule has 0 aliphatic carbocycles. The summed E-state index contributed by atoms with van der Waals surface area (Å²) in [6.07, 6.45) is 6.56. The van der Waals surface area contributed by atoms with E-state index in [0.717, 1.165) is 23.0 Å². The van der Waals surface area contributed by atoms with Crippen LogP contribution < -0.4 is 0 Å². The minimum absolute atomic E-state index is 0.527. The highest BCUT2D eigenvalue weighted by Crippen LogP contribution is 2.59. The van der Waals surface area contributed by atoms with Gasteiger partial charge < -0.3 is 0 Å². The zero-order valence-corrected chi connectivity index (χ0v) is 26.8. The largest absolute Gasteiger partial charge is 0.198 e. The molecule has 0 radical (unpaired) electrons. The molecule has 37 heavy (non-hydrogen) atoms. The zero-order valence-electron chi connectivity index (χ0n) is 19.4. The maximum absolute atomic E-state index is 8.88. The maximum Gasteiger partial charge on any atom is 0.0660 e. The summed E-state index contributed by atoms with van der Waals surface area (Å²) < 4.78 is 7.39. The number of rotatable bonds is 14. The Morgan fingerprint density at radius 1 is 0.541 bits per heavy atom. The molecule has 190 valence electrons. The molecule has 13 heteroatoms. The third-order valence-electron chi connectivity index (χ3n) is 4.06. The van der Waals surface area contributed by atoms with E-state index in [2.05, 4.69) is 48.6 Å². The van der Waals surface area contributed by atoms with Gasteiger partial charge in [-0.25, -0.2) is 0 Å². The average Bonchev–Trinajstić information content (AvgIpc) is 3.60. The van der Waals surface area contributed by atoms with Crippen molar-refractivity contribution in [3.63, 3.8) is 0 Å². The van der Waals surface area contributed by atoms with Gasteiger partial charge >= 0.3 is 0 Å². The fourth-order valence-corrected chi connectivity index (χ4v) is 14.9. The topological polar surface area (TPSA) is 95.2 Å². The van der Waals surface area contributed by atoms with Crippen LogP contribution >= 0.6 is 105 Å². The van der Waals surface area contributed by atoms with Crippen LogP contribution in [0.1, 0.15) is 35.4 Å². The van der Waals surface area contributed by atoms with Crippen LogP contribution in [0, 0.1) is 45.3 Å². The second-order valence-electron chi connectivity index (χ2n) is 6.75. The molecule has 0 fully saturated rings. The number of thiophene rings is 1. The Hall–Kier alpha value is -0.580. The van der Waals surface area contributed by atoms with Crippen LogP contribution in [0.2, 0.25) is 0 Å². The molecule has 0 spiro atoms. The summed E-state index contributed by atoms with van der Waals surface area (Å²) in [6, 6.07) is 13.1. The summed E-state index contributed by atoms with van der Waals surface area (Å²) in [5.74, 6) is 3.12. The van der Waals surface area contributed by atoms with Gasteiger partial charge in [-0.15, -0.1) is 58.4 Å². The Bertz CT molecular complexity index is 1090.